The molecule has 0 bridgehead atoms. The summed E-state index contributed by atoms with van der Waals surface area (Å²) < 4.78 is 11.0. The topological polar surface area (TPSA) is 79.9 Å². The van der Waals surface area contributed by atoms with Crippen LogP contribution < -0.4 is 15.4 Å². The number of piperidine rings is 1. The van der Waals surface area contributed by atoms with E-state index >= 15 is 0 Å². The lowest BCUT2D eigenvalue weighted by Gasteiger charge is -2.36. The number of likely N-dealkylation sites (tertiary alicyclic amines) is 1. The second-order valence-corrected chi connectivity index (χ2v) is 7.44. The second-order valence-electron chi connectivity index (χ2n) is 7.44. The summed E-state index contributed by atoms with van der Waals surface area (Å²) in [5, 5.41) is 6.31. The van der Waals surface area contributed by atoms with E-state index in [9.17, 15) is 9.59 Å². The quantitative estimate of drug-likeness (QED) is 0.832. The third-order valence-electron chi connectivity index (χ3n) is 5.50. The Morgan fingerprint density at radius 2 is 2.19 bits per heavy atom. The van der Waals surface area contributed by atoms with Crippen molar-refractivity contribution in [2.45, 2.75) is 44.2 Å². The first-order valence-electron chi connectivity index (χ1n) is 9.88. The highest BCUT2D eigenvalue weighted by molar-refractivity contribution is 5.97. The Kier molecular flexibility index (Phi) is 5.59. The zero-order chi connectivity index (χ0) is 18.6. The summed E-state index contributed by atoms with van der Waals surface area (Å²) in [7, 11) is 0. The SMILES string of the molecule is O=C(Nc1ccc2c(c1)CCO2)C1CCCCN1C(=O)CC1COCCN1. The number of anilines is 1. The molecule has 0 aromatic heterocycles. The molecule has 3 heterocycles. The van der Waals surface area contributed by atoms with Crippen molar-refractivity contribution in [3.05, 3.63) is 23.8 Å². The predicted octanol–water partition coefficient (Wildman–Crippen LogP) is 1.32. The van der Waals surface area contributed by atoms with Gasteiger partial charge in [-0.2, -0.15) is 0 Å². The number of fused-ring (bicyclic) bond motifs is 1. The molecule has 7 nitrogen and oxygen atoms in total. The summed E-state index contributed by atoms with van der Waals surface area (Å²) in [5.74, 6) is 0.819. The van der Waals surface area contributed by atoms with Crippen molar-refractivity contribution in [1.82, 2.24) is 10.2 Å². The lowest BCUT2D eigenvalue weighted by molar-refractivity contribution is -0.141. The fourth-order valence-corrected chi connectivity index (χ4v) is 4.07. The van der Waals surface area contributed by atoms with Crippen LogP contribution >= 0.6 is 0 Å². The lowest BCUT2D eigenvalue weighted by atomic mass is 9.99. The molecule has 1 aromatic rings. The van der Waals surface area contributed by atoms with Crippen LogP contribution in [0.2, 0.25) is 0 Å². The summed E-state index contributed by atoms with van der Waals surface area (Å²) in [6.45, 7) is 3.34. The van der Waals surface area contributed by atoms with E-state index in [2.05, 4.69) is 10.6 Å². The molecule has 0 spiro atoms. The zero-order valence-corrected chi connectivity index (χ0v) is 15.5. The van der Waals surface area contributed by atoms with Gasteiger partial charge in [-0.3, -0.25) is 9.59 Å². The number of nitrogens with zero attached hydrogens (tertiary/aromatic N) is 1. The second kappa shape index (κ2) is 8.27. The molecule has 0 saturated carbocycles. The van der Waals surface area contributed by atoms with E-state index in [4.69, 9.17) is 9.47 Å². The Labute approximate surface area is 159 Å². The van der Waals surface area contributed by atoms with Gasteiger partial charge in [0.05, 0.1) is 19.8 Å². The number of benzene rings is 1. The van der Waals surface area contributed by atoms with Crippen LogP contribution in [0.4, 0.5) is 5.69 Å². The normalized spacial score (nSPS) is 24.8. The Morgan fingerprint density at radius 3 is 3.04 bits per heavy atom. The molecule has 2 atom stereocenters. The fourth-order valence-electron chi connectivity index (χ4n) is 4.07. The van der Waals surface area contributed by atoms with Gasteiger partial charge in [-0.25, -0.2) is 0 Å². The van der Waals surface area contributed by atoms with Crippen molar-refractivity contribution in [3.63, 3.8) is 0 Å². The lowest BCUT2D eigenvalue weighted by Crippen LogP contribution is -2.52. The molecule has 0 aliphatic carbocycles. The number of carbonyl (C=O) groups is 2. The van der Waals surface area contributed by atoms with E-state index in [-0.39, 0.29) is 17.9 Å². The molecule has 2 fully saturated rings. The Balaban J connectivity index is 1.40. The standard InChI is InChI=1S/C20H27N3O4/c24-19(12-16-13-26-10-7-21-16)23-8-2-1-3-17(23)20(25)22-15-4-5-18-14(11-15)6-9-27-18/h4-5,11,16-17,21H,1-3,6-10,12-13H2,(H,22,25). The van der Waals surface area contributed by atoms with Crippen molar-refractivity contribution in [2.24, 2.45) is 0 Å². The van der Waals surface area contributed by atoms with Crippen molar-refractivity contribution < 1.29 is 19.1 Å². The molecule has 146 valence electrons. The van der Waals surface area contributed by atoms with E-state index < -0.39 is 6.04 Å². The fraction of sp³-hybridized carbons (Fsp3) is 0.600. The number of morpholine rings is 1. The van der Waals surface area contributed by atoms with Crippen LogP contribution in [-0.4, -0.2) is 61.7 Å². The van der Waals surface area contributed by atoms with Crippen LogP contribution in [0.5, 0.6) is 5.75 Å². The van der Waals surface area contributed by atoms with E-state index in [0.717, 1.165) is 42.8 Å². The van der Waals surface area contributed by atoms with Gasteiger partial charge >= 0.3 is 0 Å². The maximum atomic E-state index is 12.9. The molecule has 1 aromatic carbocycles. The molecule has 7 heteroatoms. The van der Waals surface area contributed by atoms with Crippen molar-refractivity contribution >= 4 is 17.5 Å². The highest BCUT2D eigenvalue weighted by atomic mass is 16.5. The molecule has 3 aliphatic rings. The Morgan fingerprint density at radius 1 is 1.26 bits per heavy atom. The molecule has 2 saturated heterocycles. The molecular weight excluding hydrogens is 346 g/mol. The van der Waals surface area contributed by atoms with Crippen molar-refractivity contribution in [3.8, 4) is 5.75 Å². The Hall–Kier alpha value is -2.12. The number of rotatable bonds is 4. The van der Waals surface area contributed by atoms with Crippen molar-refractivity contribution in [1.29, 1.82) is 0 Å². The number of amides is 2. The molecule has 27 heavy (non-hydrogen) atoms. The van der Waals surface area contributed by atoms with Crippen molar-refractivity contribution in [2.75, 3.05) is 38.2 Å². The smallest absolute Gasteiger partial charge is 0.247 e. The molecule has 2 unspecified atom stereocenters. The third-order valence-corrected chi connectivity index (χ3v) is 5.50. The molecular formula is C20H27N3O4. The minimum Gasteiger partial charge on any atom is -0.493 e. The Bertz CT molecular complexity index is 702. The molecule has 4 rings (SSSR count). The number of nitrogens with one attached hydrogen (secondary N) is 2. The number of ether oxygens (including phenoxy) is 2. The average molecular weight is 373 g/mol. The monoisotopic (exact) mass is 373 g/mol. The summed E-state index contributed by atoms with van der Waals surface area (Å²) >= 11 is 0. The molecule has 2 amide bonds. The zero-order valence-electron chi connectivity index (χ0n) is 15.5. The molecule has 3 aliphatic heterocycles. The summed E-state index contributed by atoms with van der Waals surface area (Å²) in [5.41, 5.74) is 1.89. The van der Waals surface area contributed by atoms with Gasteiger partial charge in [0.2, 0.25) is 11.8 Å². The van der Waals surface area contributed by atoms with Crippen LogP contribution in [0.15, 0.2) is 18.2 Å². The number of hydrogen-bond donors (Lipinski definition) is 2. The van der Waals surface area contributed by atoms with E-state index in [1.807, 2.05) is 18.2 Å². The van der Waals surface area contributed by atoms with Gasteiger partial charge in [-0.05, 0) is 43.0 Å². The third kappa shape index (κ3) is 4.25. The van der Waals surface area contributed by atoms with Gasteiger partial charge < -0.3 is 25.0 Å². The van der Waals surface area contributed by atoms with E-state index in [1.165, 1.54) is 0 Å². The van der Waals surface area contributed by atoms with Gasteiger partial charge in [0.15, 0.2) is 0 Å². The van der Waals surface area contributed by atoms with E-state index in [1.54, 1.807) is 4.90 Å². The summed E-state index contributed by atoms with van der Waals surface area (Å²) in [6, 6.07) is 5.36. The van der Waals surface area contributed by atoms with Gasteiger partial charge in [0.25, 0.3) is 0 Å². The average Bonchev–Trinajstić information content (AvgIpc) is 3.16. The first kappa shape index (κ1) is 18.3. The number of carbonyl (C=O) groups excluding carboxylic acids is 2. The van der Waals surface area contributed by atoms with Crippen LogP contribution in [0.3, 0.4) is 0 Å². The van der Waals surface area contributed by atoms with Crippen LogP contribution in [0.25, 0.3) is 0 Å². The molecule has 0 radical (unpaired) electrons. The van der Waals surface area contributed by atoms with Gasteiger partial charge in [-0.1, -0.05) is 0 Å². The van der Waals surface area contributed by atoms with Gasteiger partial charge in [-0.15, -0.1) is 0 Å². The maximum absolute atomic E-state index is 12.9. The van der Waals surface area contributed by atoms with Crippen LogP contribution in [0, 0.1) is 0 Å². The largest absolute Gasteiger partial charge is 0.493 e. The highest BCUT2D eigenvalue weighted by Gasteiger charge is 2.33. The van der Waals surface area contributed by atoms with Gasteiger partial charge in [0, 0.05) is 37.7 Å². The van der Waals surface area contributed by atoms with E-state index in [0.29, 0.717) is 39.2 Å². The minimum atomic E-state index is -0.403. The maximum Gasteiger partial charge on any atom is 0.247 e. The first-order valence-corrected chi connectivity index (χ1v) is 9.88. The highest BCUT2D eigenvalue weighted by Crippen LogP contribution is 2.28. The van der Waals surface area contributed by atoms with Gasteiger partial charge in [0.1, 0.15) is 11.8 Å². The first-order chi connectivity index (χ1) is 13.2. The van der Waals surface area contributed by atoms with Crippen LogP contribution in [0.1, 0.15) is 31.2 Å². The summed E-state index contributed by atoms with van der Waals surface area (Å²) in [4.78, 5) is 27.5. The predicted molar refractivity (Wildman–Crippen MR) is 101 cm³/mol. The minimum absolute atomic E-state index is 0.0280. The molecule has 2 N–H and O–H groups in total. The summed E-state index contributed by atoms with van der Waals surface area (Å²) in [6.07, 6.45) is 3.86. The van der Waals surface area contributed by atoms with Crippen LogP contribution in [-0.2, 0) is 20.7 Å². The number of hydrogen-bond acceptors (Lipinski definition) is 5.